The van der Waals surface area contributed by atoms with E-state index in [1.165, 1.54) is 5.01 Å². The molecular weight excluding hydrogens is 327 g/mol. The molecule has 0 fully saturated rings. The predicted molar refractivity (Wildman–Crippen MR) is 85.6 cm³/mol. The number of rotatable bonds is 2. The van der Waals surface area contributed by atoms with Crippen molar-refractivity contribution in [3.8, 4) is 0 Å². The van der Waals surface area contributed by atoms with Gasteiger partial charge in [0.15, 0.2) is 11.7 Å². The number of hydrogen-bond donors (Lipinski definition) is 0. The van der Waals surface area contributed by atoms with E-state index in [-0.39, 0.29) is 11.8 Å². The molecule has 0 N–H and O–H groups in total. The third-order valence-corrected chi connectivity index (χ3v) is 3.75. The Bertz CT molecular complexity index is 794. The molecule has 0 saturated heterocycles. The molecule has 114 valence electrons. The first kappa shape index (κ1) is 15.0. The highest BCUT2D eigenvalue weighted by Gasteiger charge is 2.36. The maximum absolute atomic E-state index is 12.2. The molecule has 8 heteroatoms. The first-order valence-corrected chi connectivity index (χ1v) is 7.38. The molecule has 1 aliphatic heterocycles. The lowest BCUT2D eigenvalue weighted by Gasteiger charge is -2.25. The van der Waals surface area contributed by atoms with Crippen LogP contribution in [0.3, 0.4) is 0 Å². The lowest BCUT2D eigenvalue weighted by atomic mass is 10.0. The maximum atomic E-state index is 12.2. The smallest absolute Gasteiger partial charge is 0.322 e. The number of nitrogens with zero attached hydrogens (tertiary/aromatic N) is 4. The van der Waals surface area contributed by atoms with Gasteiger partial charge in [0.05, 0.1) is 17.6 Å². The number of ether oxygens (including phenoxy) is 1. The van der Waals surface area contributed by atoms with Gasteiger partial charge in [0.1, 0.15) is 10.9 Å². The molecule has 2 aromatic rings. The number of esters is 1. The summed E-state index contributed by atoms with van der Waals surface area (Å²) in [6, 6.07) is 5.18. The van der Waals surface area contributed by atoms with Crippen molar-refractivity contribution >= 4 is 51.2 Å². The summed E-state index contributed by atoms with van der Waals surface area (Å²) in [4.78, 5) is 21.2. The summed E-state index contributed by atoms with van der Waals surface area (Å²) < 4.78 is 5.06. The van der Waals surface area contributed by atoms with Crippen molar-refractivity contribution in [1.29, 1.82) is 0 Å². The second kappa shape index (κ2) is 5.70. The van der Waals surface area contributed by atoms with Crippen molar-refractivity contribution in [2.45, 2.75) is 12.8 Å². The van der Waals surface area contributed by atoms with Gasteiger partial charge in [-0.3, -0.25) is 4.79 Å². The van der Waals surface area contributed by atoms with Crippen LogP contribution >= 0.6 is 23.2 Å². The topological polar surface area (TPSA) is 67.7 Å². The molecule has 22 heavy (non-hydrogen) atoms. The quantitative estimate of drug-likeness (QED) is 0.787. The van der Waals surface area contributed by atoms with Gasteiger partial charge in [-0.15, -0.1) is 0 Å². The van der Waals surface area contributed by atoms with Crippen molar-refractivity contribution < 1.29 is 9.53 Å². The zero-order valence-electron chi connectivity index (χ0n) is 11.9. The van der Waals surface area contributed by atoms with Crippen LogP contribution in [0.5, 0.6) is 0 Å². The fourth-order valence-corrected chi connectivity index (χ4v) is 2.73. The van der Waals surface area contributed by atoms with E-state index in [0.29, 0.717) is 27.6 Å². The molecule has 2 heterocycles. The summed E-state index contributed by atoms with van der Waals surface area (Å²) in [5.74, 6) is -0.901. The highest BCUT2D eigenvalue weighted by atomic mass is 35.5. The largest absolute Gasteiger partial charge is 0.465 e. The van der Waals surface area contributed by atoms with Gasteiger partial charge in [-0.2, -0.15) is 5.10 Å². The zero-order chi connectivity index (χ0) is 15.9. The van der Waals surface area contributed by atoms with Crippen LogP contribution in [-0.2, 0) is 9.53 Å². The summed E-state index contributed by atoms with van der Waals surface area (Å²) >= 11 is 12.1. The Balaban J connectivity index is 2.20. The number of aromatic nitrogens is 2. The molecular formula is C14H12Cl2N4O2. The summed E-state index contributed by atoms with van der Waals surface area (Å²) in [6.45, 7) is 1.97. The third kappa shape index (κ3) is 2.48. The number of hydrazone groups is 1. The molecule has 0 aliphatic carbocycles. The van der Waals surface area contributed by atoms with Crippen molar-refractivity contribution in [3.05, 3.63) is 28.9 Å². The van der Waals surface area contributed by atoms with E-state index in [9.17, 15) is 4.79 Å². The van der Waals surface area contributed by atoms with Gasteiger partial charge in [0, 0.05) is 12.1 Å². The Morgan fingerprint density at radius 3 is 2.82 bits per heavy atom. The Kier molecular flexibility index (Phi) is 3.88. The minimum Gasteiger partial charge on any atom is -0.465 e. The molecule has 6 nitrogen and oxygen atoms in total. The van der Waals surface area contributed by atoms with Crippen LogP contribution in [0.1, 0.15) is 18.5 Å². The molecule has 3 rings (SSSR count). The molecule has 1 atom stereocenters. The third-order valence-electron chi connectivity index (χ3n) is 3.22. The van der Waals surface area contributed by atoms with E-state index in [1.54, 1.807) is 32.2 Å². The predicted octanol–water partition coefficient (Wildman–Crippen LogP) is 2.93. The highest BCUT2D eigenvalue weighted by molar-refractivity contribution is 6.68. The molecule has 0 amide bonds. The molecule has 0 saturated carbocycles. The molecule has 1 aromatic carbocycles. The average Bonchev–Trinajstić information content (AvgIpc) is 2.46. The standard InChI is InChI=1S/C14H12Cl2N4O2/c1-3-22-14(21)10-11-13(20(2)19-12(10)16)18-8-5-4-7(15)6-9(8)17-11/h4-6,10H,3H2,1-2H3. The summed E-state index contributed by atoms with van der Waals surface area (Å²) in [7, 11) is 1.69. The number of carbonyl (C=O) groups is 1. The molecule has 1 aromatic heterocycles. The van der Waals surface area contributed by atoms with Gasteiger partial charge < -0.3 is 4.74 Å². The van der Waals surface area contributed by atoms with Gasteiger partial charge >= 0.3 is 5.97 Å². The van der Waals surface area contributed by atoms with E-state index >= 15 is 0 Å². The van der Waals surface area contributed by atoms with Gasteiger partial charge in [0.25, 0.3) is 0 Å². The number of hydrogen-bond acceptors (Lipinski definition) is 6. The summed E-state index contributed by atoms with van der Waals surface area (Å²) in [5, 5.41) is 6.25. The molecule has 1 unspecified atom stereocenters. The normalized spacial score (nSPS) is 17.2. The monoisotopic (exact) mass is 338 g/mol. The molecule has 0 bridgehead atoms. The number of halogens is 2. The van der Waals surface area contributed by atoms with Crippen molar-refractivity contribution in [2.24, 2.45) is 5.10 Å². The van der Waals surface area contributed by atoms with E-state index in [4.69, 9.17) is 27.9 Å². The van der Waals surface area contributed by atoms with Crippen LogP contribution in [0.15, 0.2) is 23.3 Å². The molecule has 0 spiro atoms. The summed E-state index contributed by atoms with van der Waals surface area (Å²) in [5.41, 5.74) is 1.65. The first-order valence-electron chi connectivity index (χ1n) is 6.62. The molecule has 0 radical (unpaired) electrons. The Labute approximate surface area is 136 Å². The van der Waals surface area contributed by atoms with E-state index < -0.39 is 11.9 Å². The van der Waals surface area contributed by atoms with Crippen LogP contribution in [0.4, 0.5) is 5.82 Å². The van der Waals surface area contributed by atoms with E-state index in [0.717, 1.165) is 0 Å². The second-order valence-corrected chi connectivity index (χ2v) is 5.52. The fourth-order valence-electron chi connectivity index (χ4n) is 2.26. The maximum Gasteiger partial charge on any atom is 0.322 e. The van der Waals surface area contributed by atoms with Crippen LogP contribution in [0.2, 0.25) is 5.02 Å². The van der Waals surface area contributed by atoms with Crippen molar-refractivity contribution in [2.75, 3.05) is 18.7 Å². The minimum absolute atomic E-state index is 0.101. The number of anilines is 1. The first-order chi connectivity index (χ1) is 10.5. The summed E-state index contributed by atoms with van der Waals surface area (Å²) in [6.07, 6.45) is 0. The van der Waals surface area contributed by atoms with E-state index in [2.05, 4.69) is 15.1 Å². The Morgan fingerprint density at radius 1 is 1.32 bits per heavy atom. The van der Waals surface area contributed by atoms with Crippen LogP contribution in [0, 0.1) is 0 Å². The van der Waals surface area contributed by atoms with E-state index in [1.807, 2.05) is 0 Å². The van der Waals surface area contributed by atoms with Gasteiger partial charge in [-0.25, -0.2) is 15.0 Å². The average molecular weight is 339 g/mol. The SMILES string of the molecule is CCOC(=O)C1C(Cl)=NN(C)c2nc3ccc(Cl)cc3nc21. The fraction of sp³-hybridized carbons (Fsp3) is 0.286. The van der Waals surface area contributed by atoms with Crippen molar-refractivity contribution in [3.63, 3.8) is 0 Å². The van der Waals surface area contributed by atoms with Crippen LogP contribution < -0.4 is 5.01 Å². The van der Waals surface area contributed by atoms with Crippen molar-refractivity contribution in [1.82, 2.24) is 9.97 Å². The lowest BCUT2D eigenvalue weighted by Crippen LogP contribution is -2.31. The number of fused-ring (bicyclic) bond motifs is 2. The van der Waals surface area contributed by atoms with Gasteiger partial charge in [-0.1, -0.05) is 23.2 Å². The van der Waals surface area contributed by atoms with Gasteiger partial charge in [-0.05, 0) is 25.1 Å². The highest BCUT2D eigenvalue weighted by Crippen LogP contribution is 2.34. The lowest BCUT2D eigenvalue weighted by molar-refractivity contribution is -0.143. The zero-order valence-corrected chi connectivity index (χ0v) is 13.4. The minimum atomic E-state index is -0.872. The second-order valence-electron chi connectivity index (χ2n) is 4.70. The Morgan fingerprint density at radius 2 is 2.09 bits per heavy atom. The van der Waals surface area contributed by atoms with Crippen LogP contribution in [-0.4, -0.2) is 34.8 Å². The number of carbonyl (C=O) groups excluding carboxylic acids is 1. The van der Waals surface area contributed by atoms with Crippen LogP contribution in [0.25, 0.3) is 11.0 Å². The molecule has 1 aliphatic rings. The number of benzene rings is 1. The Hall–Kier alpha value is -1.92. The van der Waals surface area contributed by atoms with Gasteiger partial charge in [0.2, 0.25) is 0 Å².